The van der Waals surface area contributed by atoms with Crippen molar-refractivity contribution in [2.24, 2.45) is 0 Å². The summed E-state index contributed by atoms with van der Waals surface area (Å²) in [4.78, 5) is 28.4. The van der Waals surface area contributed by atoms with Crippen molar-refractivity contribution in [3.63, 3.8) is 0 Å². The molecule has 1 aromatic carbocycles. The van der Waals surface area contributed by atoms with Crippen LogP contribution in [0.3, 0.4) is 0 Å². The number of thiophene rings is 1. The number of carbonyl (C=O) groups is 2. The molecule has 0 bridgehead atoms. The number of nitrogens with zero attached hydrogens (tertiary/aromatic N) is 1. The highest BCUT2D eigenvalue weighted by Gasteiger charge is 2.28. The molecule has 1 aromatic heterocycles. The second kappa shape index (κ2) is 7.78. The van der Waals surface area contributed by atoms with Crippen LogP contribution < -0.4 is 5.32 Å². The number of nitrogens with one attached hydrogen (secondary N) is 1. The Morgan fingerprint density at radius 2 is 2.20 bits per heavy atom. The van der Waals surface area contributed by atoms with Gasteiger partial charge in [-0.3, -0.25) is 9.59 Å². The molecule has 25 heavy (non-hydrogen) atoms. The van der Waals surface area contributed by atoms with Gasteiger partial charge < -0.3 is 10.2 Å². The van der Waals surface area contributed by atoms with E-state index in [0.717, 1.165) is 12.8 Å². The Morgan fingerprint density at radius 1 is 1.36 bits per heavy atom. The Bertz CT molecular complexity index is 774. The molecule has 2 aromatic rings. The number of halogens is 1. The van der Waals surface area contributed by atoms with E-state index >= 15 is 0 Å². The van der Waals surface area contributed by atoms with E-state index in [4.69, 9.17) is 0 Å². The zero-order valence-corrected chi connectivity index (χ0v) is 14.9. The molecule has 0 saturated carbocycles. The number of amides is 2. The first kappa shape index (κ1) is 17.6. The smallest absolute Gasteiger partial charge is 0.252 e. The van der Waals surface area contributed by atoms with Gasteiger partial charge in [0.05, 0.1) is 0 Å². The molecule has 2 heterocycles. The summed E-state index contributed by atoms with van der Waals surface area (Å²) < 4.78 is 13.3. The monoisotopic (exact) mass is 360 g/mol. The van der Waals surface area contributed by atoms with Gasteiger partial charge in [0.25, 0.3) is 5.91 Å². The molecular weight excluding hydrogens is 339 g/mol. The van der Waals surface area contributed by atoms with Crippen molar-refractivity contribution < 1.29 is 14.0 Å². The minimum atomic E-state index is -0.582. The molecule has 0 spiro atoms. The molecule has 4 nitrogen and oxygen atoms in total. The molecule has 0 fully saturated rings. The topological polar surface area (TPSA) is 49.4 Å². The van der Waals surface area contributed by atoms with E-state index in [0.29, 0.717) is 19.5 Å². The molecule has 6 heteroatoms. The minimum absolute atomic E-state index is 0.0662. The van der Waals surface area contributed by atoms with E-state index in [1.165, 1.54) is 28.6 Å². The van der Waals surface area contributed by atoms with Gasteiger partial charge in [-0.05, 0) is 48.1 Å². The van der Waals surface area contributed by atoms with E-state index in [1.807, 2.05) is 12.3 Å². The SMILES string of the molecule is CCCC(NC(=O)c1cccc(F)c1)C(=O)N1CCc2sccc2C1. The second-order valence-corrected chi connectivity index (χ2v) is 7.20. The number of benzene rings is 1. The molecule has 0 aliphatic carbocycles. The van der Waals surface area contributed by atoms with Crippen LogP contribution in [0.25, 0.3) is 0 Å². The normalized spacial score (nSPS) is 14.7. The summed E-state index contributed by atoms with van der Waals surface area (Å²) in [5.41, 5.74) is 1.42. The van der Waals surface area contributed by atoms with E-state index in [2.05, 4.69) is 11.4 Å². The lowest BCUT2D eigenvalue weighted by Gasteiger charge is -2.31. The Hall–Kier alpha value is -2.21. The van der Waals surface area contributed by atoms with Crippen LogP contribution in [0, 0.1) is 5.82 Å². The van der Waals surface area contributed by atoms with E-state index in [9.17, 15) is 14.0 Å². The summed E-state index contributed by atoms with van der Waals surface area (Å²) in [6, 6.07) is 6.98. The maximum absolute atomic E-state index is 13.3. The largest absolute Gasteiger partial charge is 0.340 e. The van der Waals surface area contributed by atoms with Crippen LogP contribution in [-0.4, -0.2) is 29.3 Å². The Morgan fingerprint density at radius 3 is 2.96 bits per heavy atom. The van der Waals surface area contributed by atoms with Crippen molar-refractivity contribution in [1.29, 1.82) is 0 Å². The standard InChI is InChI=1S/C19H21FN2O2S/c1-2-4-16(21-18(23)13-5-3-6-15(20)11-13)19(24)22-9-7-17-14(12-22)8-10-25-17/h3,5-6,8,10-11,16H,2,4,7,9,12H2,1H3,(H,21,23). The zero-order valence-electron chi connectivity index (χ0n) is 14.1. The van der Waals surface area contributed by atoms with Crippen LogP contribution >= 0.6 is 11.3 Å². The molecule has 132 valence electrons. The Labute approximate surface area is 150 Å². The van der Waals surface area contributed by atoms with Crippen LogP contribution in [0.5, 0.6) is 0 Å². The first-order valence-electron chi connectivity index (χ1n) is 8.49. The van der Waals surface area contributed by atoms with Gasteiger partial charge in [-0.2, -0.15) is 0 Å². The summed E-state index contributed by atoms with van der Waals surface area (Å²) in [5.74, 6) is -0.949. The number of carbonyl (C=O) groups excluding carboxylic acids is 2. The van der Waals surface area contributed by atoms with Gasteiger partial charge in [-0.25, -0.2) is 4.39 Å². The quantitative estimate of drug-likeness (QED) is 0.889. The van der Waals surface area contributed by atoms with Crippen LogP contribution in [0.1, 0.15) is 40.6 Å². The maximum atomic E-state index is 13.3. The highest BCUT2D eigenvalue weighted by atomic mass is 32.1. The first-order chi connectivity index (χ1) is 12.1. The maximum Gasteiger partial charge on any atom is 0.252 e. The predicted molar refractivity (Wildman–Crippen MR) is 96.0 cm³/mol. The predicted octanol–water partition coefficient (Wildman–Crippen LogP) is 3.37. The molecule has 1 atom stereocenters. The van der Waals surface area contributed by atoms with Crippen molar-refractivity contribution in [1.82, 2.24) is 10.2 Å². The van der Waals surface area contributed by atoms with E-state index in [1.54, 1.807) is 22.3 Å². The molecule has 1 N–H and O–H groups in total. The Balaban J connectivity index is 1.70. The fourth-order valence-corrected chi connectivity index (χ4v) is 3.96. The van der Waals surface area contributed by atoms with Crippen LogP contribution in [0.4, 0.5) is 4.39 Å². The number of hydrogen-bond acceptors (Lipinski definition) is 3. The molecule has 2 amide bonds. The third-order valence-corrected chi connectivity index (χ3v) is 5.41. The van der Waals surface area contributed by atoms with Crippen LogP contribution in [0.15, 0.2) is 35.7 Å². The third-order valence-electron chi connectivity index (χ3n) is 4.39. The van der Waals surface area contributed by atoms with Gasteiger partial charge >= 0.3 is 0 Å². The Kier molecular flexibility index (Phi) is 5.48. The molecule has 0 saturated heterocycles. The highest BCUT2D eigenvalue weighted by molar-refractivity contribution is 7.10. The van der Waals surface area contributed by atoms with Gasteiger partial charge in [0.15, 0.2) is 0 Å². The summed E-state index contributed by atoms with van der Waals surface area (Å²) in [5, 5.41) is 4.83. The van der Waals surface area contributed by atoms with Crippen LogP contribution in [-0.2, 0) is 17.8 Å². The van der Waals surface area contributed by atoms with Gasteiger partial charge in [-0.1, -0.05) is 19.4 Å². The van der Waals surface area contributed by atoms with Gasteiger partial charge in [0.1, 0.15) is 11.9 Å². The van der Waals surface area contributed by atoms with E-state index in [-0.39, 0.29) is 11.5 Å². The van der Waals surface area contributed by atoms with Crippen LogP contribution in [0.2, 0.25) is 0 Å². The fraction of sp³-hybridized carbons (Fsp3) is 0.368. The number of hydrogen-bond donors (Lipinski definition) is 1. The fourth-order valence-electron chi connectivity index (χ4n) is 3.07. The molecular formula is C19H21FN2O2S. The minimum Gasteiger partial charge on any atom is -0.340 e. The van der Waals surface area contributed by atoms with Crippen molar-refractivity contribution in [3.8, 4) is 0 Å². The summed E-state index contributed by atoms with van der Waals surface area (Å²) >= 11 is 1.72. The van der Waals surface area contributed by atoms with Gasteiger partial charge in [0.2, 0.25) is 5.91 Å². The first-order valence-corrected chi connectivity index (χ1v) is 9.37. The molecule has 1 unspecified atom stereocenters. The van der Waals surface area contributed by atoms with Gasteiger partial charge in [0, 0.05) is 23.5 Å². The zero-order chi connectivity index (χ0) is 17.8. The second-order valence-electron chi connectivity index (χ2n) is 6.20. The van der Waals surface area contributed by atoms with E-state index < -0.39 is 17.8 Å². The number of rotatable bonds is 5. The number of fused-ring (bicyclic) bond motifs is 1. The summed E-state index contributed by atoms with van der Waals surface area (Å²) in [7, 11) is 0. The highest BCUT2D eigenvalue weighted by Crippen LogP contribution is 2.24. The molecule has 0 radical (unpaired) electrons. The van der Waals surface area contributed by atoms with Crippen molar-refractivity contribution in [2.75, 3.05) is 6.54 Å². The van der Waals surface area contributed by atoms with Crippen molar-refractivity contribution >= 4 is 23.2 Å². The third kappa shape index (κ3) is 4.07. The average molecular weight is 360 g/mol. The molecule has 3 rings (SSSR count). The lowest BCUT2D eigenvalue weighted by molar-refractivity contribution is -0.134. The lowest BCUT2D eigenvalue weighted by atomic mass is 10.1. The molecule has 1 aliphatic heterocycles. The molecule has 1 aliphatic rings. The summed E-state index contributed by atoms with van der Waals surface area (Å²) in [6.07, 6.45) is 2.19. The average Bonchev–Trinajstić information content (AvgIpc) is 3.08. The van der Waals surface area contributed by atoms with Crippen molar-refractivity contribution in [2.45, 2.75) is 38.8 Å². The summed E-state index contributed by atoms with van der Waals surface area (Å²) in [6.45, 7) is 3.23. The van der Waals surface area contributed by atoms with Gasteiger partial charge in [-0.15, -0.1) is 11.3 Å². The van der Waals surface area contributed by atoms with Crippen molar-refractivity contribution in [3.05, 3.63) is 57.5 Å². The lowest BCUT2D eigenvalue weighted by Crippen LogP contribution is -2.49.